The first-order valence-corrected chi connectivity index (χ1v) is 3.32. The minimum atomic E-state index is -1.36. The zero-order chi connectivity index (χ0) is 9.14. The molecule has 0 aromatic heterocycles. The quantitative estimate of drug-likeness (QED) is 0.259. The SMILES string of the molecule is O=C(O)C1=NNC(OS)NC1O. The highest BCUT2D eigenvalue weighted by Gasteiger charge is 2.27. The lowest BCUT2D eigenvalue weighted by Gasteiger charge is -2.24. The molecule has 1 heterocycles. The summed E-state index contributed by atoms with van der Waals surface area (Å²) in [4.78, 5) is 10.3. The van der Waals surface area contributed by atoms with Crippen LogP contribution >= 0.6 is 12.9 Å². The Bertz CT molecular complexity index is 220. The Labute approximate surface area is 73.0 Å². The number of carboxylic acid groups (broad SMARTS) is 1. The summed E-state index contributed by atoms with van der Waals surface area (Å²) in [5.41, 5.74) is 1.85. The summed E-state index contributed by atoms with van der Waals surface area (Å²) >= 11 is 3.43. The van der Waals surface area contributed by atoms with Gasteiger partial charge in [0.05, 0.1) is 0 Å². The van der Waals surface area contributed by atoms with Crippen molar-refractivity contribution < 1.29 is 19.2 Å². The predicted octanol–water partition coefficient (Wildman–Crippen LogP) is -1.92. The minimum absolute atomic E-state index is 0.420. The fourth-order valence-electron chi connectivity index (χ4n) is 0.668. The van der Waals surface area contributed by atoms with E-state index in [4.69, 9.17) is 10.2 Å². The van der Waals surface area contributed by atoms with Crippen LogP contribution < -0.4 is 10.7 Å². The van der Waals surface area contributed by atoms with Crippen LogP contribution in [0.3, 0.4) is 0 Å². The van der Waals surface area contributed by atoms with E-state index >= 15 is 0 Å². The normalized spacial score (nSPS) is 29.0. The molecule has 7 nitrogen and oxygen atoms in total. The Morgan fingerprint density at radius 1 is 1.75 bits per heavy atom. The van der Waals surface area contributed by atoms with Gasteiger partial charge in [0.25, 0.3) is 0 Å². The van der Waals surface area contributed by atoms with Crippen LogP contribution in [0.5, 0.6) is 0 Å². The van der Waals surface area contributed by atoms with Gasteiger partial charge in [0, 0.05) is 0 Å². The number of aliphatic hydroxyl groups is 1. The summed E-state index contributed by atoms with van der Waals surface area (Å²) in [7, 11) is 0. The first kappa shape index (κ1) is 9.26. The maximum absolute atomic E-state index is 10.3. The summed E-state index contributed by atoms with van der Waals surface area (Å²) in [6.45, 7) is 0. The van der Waals surface area contributed by atoms with E-state index in [9.17, 15) is 4.79 Å². The molecule has 0 aliphatic carbocycles. The summed E-state index contributed by atoms with van der Waals surface area (Å²) in [5.74, 6) is -1.31. The average Bonchev–Trinajstić information content (AvgIpc) is 2.03. The molecule has 0 radical (unpaired) electrons. The molecule has 0 aromatic rings. The molecule has 0 aromatic carbocycles. The van der Waals surface area contributed by atoms with Crippen LogP contribution in [0.15, 0.2) is 5.10 Å². The number of aliphatic hydroxyl groups excluding tert-OH is 1. The highest BCUT2D eigenvalue weighted by atomic mass is 32.1. The number of hydrogen-bond acceptors (Lipinski definition) is 7. The maximum Gasteiger partial charge on any atom is 0.356 e. The molecule has 2 unspecified atom stereocenters. The fraction of sp³-hybridized carbons (Fsp3) is 0.500. The third-order valence-electron chi connectivity index (χ3n) is 1.20. The number of thiol groups is 1. The van der Waals surface area contributed by atoms with E-state index in [0.29, 0.717) is 0 Å². The minimum Gasteiger partial charge on any atom is -0.477 e. The van der Waals surface area contributed by atoms with E-state index in [1.807, 2.05) is 0 Å². The molecule has 0 bridgehead atoms. The Morgan fingerprint density at radius 3 is 2.83 bits per heavy atom. The molecule has 0 saturated heterocycles. The van der Waals surface area contributed by atoms with Gasteiger partial charge in [-0.05, 0) is 12.9 Å². The van der Waals surface area contributed by atoms with Gasteiger partial charge in [0.1, 0.15) is 0 Å². The van der Waals surface area contributed by atoms with Gasteiger partial charge in [-0.25, -0.2) is 10.1 Å². The first-order valence-electron chi connectivity index (χ1n) is 2.96. The second-order valence-corrected chi connectivity index (χ2v) is 2.20. The van der Waals surface area contributed by atoms with Crippen LogP contribution in [-0.4, -0.2) is 34.5 Å². The van der Waals surface area contributed by atoms with E-state index in [1.54, 1.807) is 0 Å². The molecule has 0 fully saturated rings. The van der Waals surface area contributed by atoms with Crippen molar-refractivity contribution in [3.05, 3.63) is 0 Å². The van der Waals surface area contributed by atoms with Crippen molar-refractivity contribution in [1.82, 2.24) is 10.7 Å². The monoisotopic (exact) mass is 193 g/mol. The second kappa shape index (κ2) is 3.72. The number of nitrogens with one attached hydrogen (secondary N) is 2. The lowest BCUT2D eigenvalue weighted by Crippen LogP contribution is -2.55. The summed E-state index contributed by atoms with van der Waals surface area (Å²) in [6, 6.07) is 0. The highest BCUT2D eigenvalue weighted by Crippen LogP contribution is 1.97. The van der Waals surface area contributed by atoms with Crippen molar-refractivity contribution in [1.29, 1.82) is 0 Å². The van der Waals surface area contributed by atoms with Crippen LogP contribution in [0.4, 0.5) is 0 Å². The molecule has 1 aliphatic heterocycles. The Kier molecular flexibility index (Phi) is 2.87. The van der Waals surface area contributed by atoms with E-state index in [1.165, 1.54) is 0 Å². The van der Waals surface area contributed by atoms with E-state index < -0.39 is 24.3 Å². The van der Waals surface area contributed by atoms with Crippen LogP contribution in [0.1, 0.15) is 0 Å². The Balaban J connectivity index is 2.67. The van der Waals surface area contributed by atoms with Crippen molar-refractivity contribution in [2.45, 2.75) is 12.6 Å². The first-order chi connectivity index (χ1) is 5.65. The molecule has 0 spiro atoms. The molecular formula is C4H7N3O4S. The van der Waals surface area contributed by atoms with Gasteiger partial charge in [-0.3, -0.25) is 9.61 Å². The lowest BCUT2D eigenvalue weighted by atomic mass is 10.3. The van der Waals surface area contributed by atoms with Gasteiger partial charge in [-0.15, -0.1) is 0 Å². The number of rotatable bonds is 2. The largest absolute Gasteiger partial charge is 0.477 e. The third-order valence-corrected chi connectivity index (χ3v) is 1.41. The maximum atomic E-state index is 10.3. The molecule has 68 valence electrons. The number of hydrazone groups is 1. The molecule has 12 heavy (non-hydrogen) atoms. The third kappa shape index (κ3) is 1.85. The molecule has 8 heteroatoms. The van der Waals surface area contributed by atoms with Crippen molar-refractivity contribution >= 4 is 24.6 Å². The van der Waals surface area contributed by atoms with Crippen LogP contribution in [0, 0.1) is 0 Å². The molecule has 2 atom stereocenters. The van der Waals surface area contributed by atoms with Gasteiger partial charge in [-0.1, -0.05) is 0 Å². The standard InChI is InChI=1S/C4H7N3O4S/c8-2-1(3(9)10)6-7-4(5-2)11-12/h2,4-5,7-8,12H,(H,9,10). The van der Waals surface area contributed by atoms with Crippen LogP contribution in [-0.2, 0) is 8.98 Å². The number of carbonyl (C=O) groups is 1. The number of aliphatic carboxylic acids is 1. The molecule has 0 saturated carbocycles. The Morgan fingerprint density at radius 2 is 2.42 bits per heavy atom. The molecule has 4 N–H and O–H groups in total. The topological polar surface area (TPSA) is 103 Å². The van der Waals surface area contributed by atoms with Gasteiger partial charge >= 0.3 is 5.97 Å². The summed E-state index contributed by atoms with van der Waals surface area (Å²) in [5, 5.41) is 23.2. The molecular weight excluding hydrogens is 186 g/mol. The average molecular weight is 193 g/mol. The smallest absolute Gasteiger partial charge is 0.356 e. The van der Waals surface area contributed by atoms with Crippen molar-refractivity contribution in [3.8, 4) is 0 Å². The number of hydrogen-bond donors (Lipinski definition) is 5. The van der Waals surface area contributed by atoms with E-state index in [0.717, 1.165) is 0 Å². The zero-order valence-electron chi connectivity index (χ0n) is 5.76. The van der Waals surface area contributed by atoms with Gasteiger partial charge in [0.2, 0.25) is 6.35 Å². The van der Waals surface area contributed by atoms with Gasteiger partial charge in [-0.2, -0.15) is 5.10 Å². The van der Waals surface area contributed by atoms with Gasteiger partial charge < -0.3 is 10.2 Å². The molecule has 0 amide bonds. The number of carboxylic acids is 1. The molecule has 1 aliphatic rings. The van der Waals surface area contributed by atoms with E-state index in [2.05, 4.69) is 32.9 Å². The summed E-state index contributed by atoms with van der Waals surface area (Å²) < 4.78 is 4.40. The molecule has 1 rings (SSSR count). The predicted molar refractivity (Wildman–Crippen MR) is 41.2 cm³/mol. The zero-order valence-corrected chi connectivity index (χ0v) is 6.65. The van der Waals surface area contributed by atoms with Crippen molar-refractivity contribution in [3.63, 3.8) is 0 Å². The fourth-order valence-corrected chi connectivity index (χ4v) is 0.776. The number of nitrogens with zero attached hydrogens (tertiary/aromatic N) is 1. The summed E-state index contributed by atoms with van der Waals surface area (Å²) in [6.07, 6.45) is -2.16. The Hall–Kier alpha value is -0.830. The van der Waals surface area contributed by atoms with Crippen molar-refractivity contribution in [2.24, 2.45) is 5.10 Å². The van der Waals surface area contributed by atoms with Crippen LogP contribution in [0.25, 0.3) is 0 Å². The van der Waals surface area contributed by atoms with Crippen LogP contribution in [0.2, 0.25) is 0 Å². The van der Waals surface area contributed by atoms with Crippen molar-refractivity contribution in [2.75, 3.05) is 0 Å². The highest BCUT2D eigenvalue weighted by molar-refractivity contribution is 7.75. The van der Waals surface area contributed by atoms with Gasteiger partial charge in [0.15, 0.2) is 11.9 Å². The lowest BCUT2D eigenvalue weighted by molar-refractivity contribution is -0.130. The second-order valence-electron chi connectivity index (χ2n) is 1.99. The van der Waals surface area contributed by atoms with E-state index in [-0.39, 0.29) is 0 Å².